The van der Waals surface area contributed by atoms with Crippen molar-refractivity contribution < 1.29 is 13.2 Å². The minimum atomic E-state index is -3.63. The Morgan fingerprint density at radius 2 is 1.79 bits per heavy atom. The van der Waals surface area contributed by atoms with Crippen LogP contribution in [0.25, 0.3) is 0 Å². The summed E-state index contributed by atoms with van der Waals surface area (Å²) in [7, 11) is -2.10. The van der Waals surface area contributed by atoms with Crippen molar-refractivity contribution in [1.82, 2.24) is 14.8 Å². The largest absolute Gasteiger partial charge is 0.497 e. The van der Waals surface area contributed by atoms with Crippen LogP contribution in [-0.4, -0.2) is 30.3 Å². The predicted molar refractivity (Wildman–Crippen MR) is 89.4 cm³/mol. The molecular formula is C16H16N4O3S. The number of benzene rings is 2. The monoisotopic (exact) mass is 344 g/mol. The molecule has 0 saturated heterocycles. The van der Waals surface area contributed by atoms with E-state index >= 15 is 0 Å². The third kappa shape index (κ3) is 3.72. The van der Waals surface area contributed by atoms with Crippen molar-refractivity contribution in [2.75, 3.05) is 11.8 Å². The molecule has 1 N–H and O–H groups in total. The first-order valence-electron chi connectivity index (χ1n) is 7.15. The number of methoxy groups -OCH3 is 1. The van der Waals surface area contributed by atoms with Gasteiger partial charge < -0.3 is 4.74 Å². The van der Waals surface area contributed by atoms with Gasteiger partial charge in [-0.25, -0.2) is 18.1 Å². The fourth-order valence-electron chi connectivity index (χ4n) is 2.15. The maximum absolute atomic E-state index is 12.4. The smallest absolute Gasteiger partial charge is 0.261 e. The Kier molecular flexibility index (Phi) is 4.48. The third-order valence-corrected chi connectivity index (χ3v) is 4.78. The maximum atomic E-state index is 12.4. The molecule has 0 unspecified atom stereocenters. The van der Waals surface area contributed by atoms with E-state index in [0.29, 0.717) is 18.0 Å². The second-order valence-electron chi connectivity index (χ2n) is 5.07. The molecule has 0 aliphatic carbocycles. The Morgan fingerprint density at radius 3 is 2.38 bits per heavy atom. The molecule has 0 fully saturated rings. The van der Waals surface area contributed by atoms with Crippen molar-refractivity contribution in [2.24, 2.45) is 0 Å². The summed E-state index contributed by atoms with van der Waals surface area (Å²) in [5.74, 6) is 0.603. The minimum absolute atomic E-state index is 0.176. The summed E-state index contributed by atoms with van der Waals surface area (Å²) in [5, 5.41) is 4.03. The highest BCUT2D eigenvalue weighted by atomic mass is 32.2. The summed E-state index contributed by atoms with van der Waals surface area (Å²) in [6.45, 7) is 0.575. The van der Waals surface area contributed by atoms with Gasteiger partial charge in [0.05, 0.1) is 18.6 Å². The summed E-state index contributed by atoms with van der Waals surface area (Å²) in [4.78, 5) is 4.06. The second kappa shape index (κ2) is 6.71. The standard InChI is InChI=1S/C16H16N4O3S/c1-23-15-6-8-16(9-7-15)24(21,22)19-14-4-2-13(3-5-14)10-20-12-17-11-18-20/h2-9,11-12,19H,10H2,1H3. The zero-order chi connectivity index (χ0) is 17.0. The molecule has 3 aromatic rings. The van der Waals surface area contributed by atoms with E-state index in [1.807, 2.05) is 12.1 Å². The topological polar surface area (TPSA) is 86.1 Å². The maximum Gasteiger partial charge on any atom is 0.261 e. The van der Waals surface area contributed by atoms with E-state index in [1.54, 1.807) is 35.3 Å². The van der Waals surface area contributed by atoms with Gasteiger partial charge in [-0.15, -0.1) is 0 Å². The Bertz CT molecular complexity index is 890. The molecule has 0 aliphatic heterocycles. The van der Waals surface area contributed by atoms with Gasteiger partial charge >= 0.3 is 0 Å². The zero-order valence-corrected chi connectivity index (χ0v) is 13.8. The van der Waals surface area contributed by atoms with E-state index in [2.05, 4.69) is 14.8 Å². The molecule has 1 heterocycles. The van der Waals surface area contributed by atoms with Gasteiger partial charge in [0, 0.05) is 5.69 Å². The van der Waals surface area contributed by atoms with Gasteiger partial charge in [-0.1, -0.05) is 12.1 Å². The first kappa shape index (κ1) is 16.0. The Hall–Kier alpha value is -2.87. The minimum Gasteiger partial charge on any atom is -0.497 e. The van der Waals surface area contributed by atoms with E-state index < -0.39 is 10.0 Å². The number of nitrogens with zero attached hydrogens (tertiary/aromatic N) is 3. The highest BCUT2D eigenvalue weighted by Gasteiger charge is 2.14. The molecule has 124 valence electrons. The molecule has 1 aromatic heterocycles. The normalized spacial score (nSPS) is 11.2. The SMILES string of the molecule is COc1ccc(S(=O)(=O)Nc2ccc(Cn3cncn3)cc2)cc1. The summed E-state index contributed by atoms with van der Waals surface area (Å²) in [6, 6.07) is 13.3. The number of nitrogens with one attached hydrogen (secondary N) is 1. The Morgan fingerprint density at radius 1 is 1.08 bits per heavy atom. The van der Waals surface area contributed by atoms with E-state index in [4.69, 9.17) is 4.74 Å². The predicted octanol–water partition coefficient (Wildman–Crippen LogP) is 2.14. The van der Waals surface area contributed by atoms with Crippen LogP contribution in [0.15, 0.2) is 66.1 Å². The van der Waals surface area contributed by atoms with Crippen molar-refractivity contribution in [1.29, 1.82) is 0 Å². The fraction of sp³-hybridized carbons (Fsp3) is 0.125. The Balaban J connectivity index is 1.72. The molecule has 7 nitrogen and oxygen atoms in total. The van der Waals surface area contributed by atoms with Crippen LogP contribution in [0.5, 0.6) is 5.75 Å². The first-order valence-corrected chi connectivity index (χ1v) is 8.63. The number of hydrogen-bond donors (Lipinski definition) is 1. The summed E-state index contributed by atoms with van der Waals surface area (Å²) in [6.07, 6.45) is 3.09. The lowest BCUT2D eigenvalue weighted by Crippen LogP contribution is -2.13. The summed E-state index contributed by atoms with van der Waals surface area (Å²) < 4.78 is 34.0. The van der Waals surface area contributed by atoms with E-state index in [-0.39, 0.29) is 4.90 Å². The third-order valence-electron chi connectivity index (χ3n) is 3.39. The first-order chi connectivity index (χ1) is 11.6. The molecule has 0 aliphatic rings. The van der Waals surface area contributed by atoms with Crippen LogP contribution in [0.1, 0.15) is 5.56 Å². The number of anilines is 1. The molecule has 0 atom stereocenters. The summed E-state index contributed by atoms with van der Waals surface area (Å²) >= 11 is 0. The van der Waals surface area contributed by atoms with Crippen LogP contribution in [0, 0.1) is 0 Å². The van der Waals surface area contributed by atoms with Crippen molar-refractivity contribution in [2.45, 2.75) is 11.4 Å². The number of ether oxygens (including phenoxy) is 1. The molecule has 0 saturated carbocycles. The van der Waals surface area contributed by atoms with Gasteiger partial charge in [0.1, 0.15) is 18.4 Å². The van der Waals surface area contributed by atoms with Crippen molar-refractivity contribution in [3.63, 3.8) is 0 Å². The van der Waals surface area contributed by atoms with Crippen molar-refractivity contribution in [3.8, 4) is 5.75 Å². The summed E-state index contributed by atoms with van der Waals surface area (Å²) in [5.41, 5.74) is 1.49. The lowest BCUT2D eigenvalue weighted by atomic mass is 10.2. The molecule has 8 heteroatoms. The average Bonchev–Trinajstić information content (AvgIpc) is 3.09. The van der Waals surface area contributed by atoms with Crippen LogP contribution in [-0.2, 0) is 16.6 Å². The number of sulfonamides is 1. The molecule has 0 bridgehead atoms. The highest BCUT2D eigenvalue weighted by Crippen LogP contribution is 2.19. The van der Waals surface area contributed by atoms with Crippen LogP contribution < -0.4 is 9.46 Å². The Labute approximate surface area is 140 Å². The van der Waals surface area contributed by atoms with Gasteiger partial charge in [0.2, 0.25) is 0 Å². The van der Waals surface area contributed by atoms with Crippen LogP contribution >= 0.6 is 0 Å². The molecule has 0 spiro atoms. The quantitative estimate of drug-likeness (QED) is 0.740. The average molecular weight is 344 g/mol. The fourth-order valence-corrected chi connectivity index (χ4v) is 3.21. The van der Waals surface area contributed by atoms with E-state index in [9.17, 15) is 8.42 Å². The lowest BCUT2D eigenvalue weighted by Gasteiger charge is -2.09. The van der Waals surface area contributed by atoms with Crippen molar-refractivity contribution in [3.05, 3.63) is 66.7 Å². The molecule has 2 aromatic carbocycles. The van der Waals surface area contributed by atoms with Gasteiger partial charge in [-0.05, 0) is 42.0 Å². The number of aromatic nitrogens is 3. The molecule has 0 amide bonds. The number of hydrogen-bond acceptors (Lipinski definition) is 5. The lowest BCUT2D eigenvalue weighted by molar-refractivity contribution is 0.414. The van der Waals surface area contributed by atoms with Crippen LogP contribution in [0.2, 0.25) is 0 Å². The molecule has 3 rings (SSSR count). The zero-order valence-electron chi connectivity index (χ0n) is 13.0. The van der Waals surface area contributed by atoms with Crippen LogP contribution in [0.3, 0.4) is 0 Å². The van der Waals surface area contributed by atoms with Crippen LogP contribution in [0.4, 0.5) is 5.69 Å². The second-order valence-corrected chi connectivity index (χ2v) is 6.75. The van der Waals surface area contributed by atoms with Crippen molar-refractivity contribution >= 4 is 15.7 Å². The molecular weight excluding hydrogens is 328 g/mol. The van der Waals surface area contributed by atoms with E-state index in [0.717, 1.165) is 5.56 Å². The van der Waals surface area contributed by atoms with Gasteiger partial charge in [-0.3, -0.25) is 4.72 Å². The molecule has 0 radical (unpaired) electrons. The van der Waals surface area contributed by atoms with E-state index in [1.165, 1.54) is 25.6 Å². The van der Waals surface area contributed by atoms with Gasteiger partial charge in [-0.2, -0.15) is 5.10 Å². The molecule has 24 heavy (non-hydrogen) atoms. The van der Waals surface area contributed by atoms with Gasteiger partial charge in [0.15, 0.2) is 0 Å². The van der Waals surface area contributed by atoms with Gasteiger partial charge in [0.25, 0.3) is 10.0 Å². The number of rotatable bonds is 6. The highest BCUT2D eigenvalue weighted by molar-refractivity contribution is 7.92.